The Balaban J connectivity index is 1.83. The van der Waals surface area contributed by atoms with E-state index in [0.717, 1.165) is 22.8 Å². The minimum atomic E-state index is -0.888. The van der Waals surface area contributed by atoms with E-state index in [1.54, 1.807) is 36.3 Å². The van der Waals surface area contributed by atoms with Crippen molar-refractivity contribution < 1.29 is 24.2 Å². The van der Waals surface area contributed by atoms with Crippen molar-refractivity contribution in [1.29, 1.82) is 0 Å². The summed E-state index contributed by atoms with van der Waals surface area (Å²) >= 11 is 0. The molecule has 3 aromatic rings. The predicted molar refractivity (Wildman–Crippen MR) is 119 cm³/mol. The molecule has 1 amide bonds. The van der Waals surface area contributed by atoms with Crippen LogP contribution in [0.1, 0.15) is 41.8 Å². The second-order valence-electron chi connectivity index (χ2n) is 7.73. The van der Waals surface area contributed by atoms with Crippen LogP contribution in [0.3, 0.4) is 0 Å². The highest BCUT2D eigenvalue weighted by Gasteiger charge is 2.37. The van der Waals surface area contributed by atoms with Crippen molar-refractivity contribution in [3.05, 3.63) is 65.2 Å². The lowest BCUT2D eigenvalue weighted by molar-refractivity contribution is -0.136. The molecule has 6 heteroatoms. The van der Waals surface area contributed by atoms with E-state index in [9.17, 15) is 9.59 Å². The third-order valence-corrected chi connectivity index (χ3v) is 5.70. The van der Waals surface area contributed by atoms with Gasteiger partial charge in [0.25, 0.3) is 5.91 Å². The number of benzene rings is 3. The van der Waals surface area contributed by atoms with Gasteiger partial charge in [-0.1, -0.05) is 43.3 Å². The lowest BCUT2D eigenvalue weighted by Crippen LogP contribution is -2.23. The molecule has 31 heavy (non-hydrogen) atoms. The van der Waals surface area contributed by atoms with Gasteiger partial charge in [-0.05, 0) is 31.0 Å². The van der Waals surface area contributed by atoms with Gasteiger partial charge in [0.2, 0.25) is 0 Å². The number of anilines is 1. The van der Waals surface area contributed by atoms with Gasteiger partial charge in [-0.15, -0.1) is 0 Å². The van der Waals surface area contributed by atoms with Crippen molar-refractivity contribution in [2.45, 2.75) is 39.3 Å². The molecule has 0 fully saturated rings. The number of carbonyl (C=O) groups is 2. The fraction of sp³-hybridized carbons (Fsp3) is 0.280. The van der Waals surface area contributed by atoms with Gasteiger partial charge >= 0.3 is 5.97 Å². The minimum Gasteiger partial charge on any atom is -0.496 e. The van der Waals surface area contributed by atoms with Crippen LogP contribution in [0.15, 0.2) is 48.5 Å². The smallest absolute Gasteiger partial charge is 0.307 e. The predicted octanol–water partition coefficient (Wildman–Crippen LogP) is 4.81. The van der Waals surface area contributed by atoms with E-state index in [1.807, 2.05) is 38.1 Å². The summed E-state index contributed by atoms with van der Waals surface area (Å²) in [5.41, 5.74) is 2.73. The van der Waals surface area contributed by atoms with E-state index >= 15 is 0 Å². The second kappa shape index (κ2) is 8.30. The Bertz CT molecular complexity index is 1150. The number of rotatable bonds is 7. The van der Waals surface area contributed by atoms with E-state index in [2.05, 4.69) is 0 Å². The summed E-state index contributed by atoms with van der Waals surface area (Å²) in [4.78, 5) is 26.2. The van der Waals surface area contributed by atoms with Crippen LogP contribution in [0.25, 0.3) is 10.8 Å². The van der Waals surface area contributed by atoms with Crippen LogP contribution in [-0.2, 0) is 17.8 Å². The molecule has 1 atom stereocenters. The van der Waals surface area contributed by atoms with Gasteiger partial charge in [0.15, 0.2) is 0 Å². The summed E-state index contributed by atoms with van der Waals surface area (Å²) in [7, 11) is 1.62. The zero-order chi connectivity index (χ0) is 22.1. The monoisotopic (exact) mass is 419 g/mol. The summed E-state index contributed by atoms with van der Waals surface area (Å²) < 4.78 is 12.0. The molecule has 1 heterocycles. The highest BCUT2D eigenvalue weighted by Crippen LogP contribution is 2.46. The van der Waals surface area contributed by atoms with Gasteiger partial charge in [0.05, 0.1) is 31.7 Å². The van der Waals surface area contributed by atoms with Gasteiger partial charge in [-0.2, -0.15) is 0 Å². The maximum absolute atomic E-state index is 13.6. The lowest BCUT2D eigenvalue weighted by atomic mass is 9.99. The first-order valence-corrected chi connectivity index (χ1v) is 10.3. The number of hydrogen-bond acceptors (Lipinski definition) is 4. The van der Waals surface area contributed by atoms with Crippen LogP contribution in [-0.4, -0.2) is 30.2 Å². The summed E-state index contributed by atoms with van der Waals surface area (Å²) in [5, 5.41) is 10.8. The fourth-order valence-corrected chi connectivity index (χ4v) is 3.99. The van der Waals surface area contributed by atoms with Crippen molar-refractivity contribution >= 4 is 28.3 Å². The topological polar surface area (TPSA) is 76.1 Å². The Hall–Kier alpha value is -3.54. The Labute approximate surface area is 181 Å². The van der Waals surface area contributed by atoms with Crippen molar-refractivity contribution in [1.82, 2.24) is 0 Å². The lowest BCUT2D eigenvalue weighted by Gasteiger charge is -2.19. The van der Waals surface area contributed by atoms with Crippen molar-refractivity contribution in [2.75, 3.05) is 12.0 Å². The van der Waals surface area contributed by atoms with Crippen molar-refractivity contribution in [2.24, 2.45) is 0 Å². The first kappa shape index (κ1) is 20.7. The molecule has 6 nitrogen and oxygen atoms in total. The molecule has 1 aliphatic heterocycles. The van der Waals surface area contributed by atoms with E-state index in [0.29, 0.717) is 34.9 Å². The van der Waals surface area contributed by atoms with Crippen LogP contribution in [0, 0.1) is 0 Å². The van der Waals surface area contributed by atoms with Gasteiger partial charge in [0, 0.05) is 22.0 Å². The number of ether oxygens (including phenoxy) is 2. The number of fused-ring (bicyclic) bond motifs is 2. The van der Waals surface area contributed by atoms with Crippen LogP contribution in [0.2, 0.25) is 0 Å². The molecule has 0 radical (unpaired) electrons. The zero-order valence-corrected chi connectivity index (χ0v) is 17.8. The maximum Gasteiger partial charge on any atom is 0.307 e. The molecule has 3 aromatic carbocycles. The van der Waals surface area contributed by atoms with Crippen molar-refractivity contribution in [3.63, 3.8) is 0 Å². The number of carboxylic acids is 1. The van der Waals surface area contributed by atoms with E-state index in [1.165, 1.54) is 0 Å². The van der Waals surface area contributed by atoms with Gasteiger partial charge < -0.3 is 19.5 Å². The quantitative estimate of drug-likeness (QED) is 0.595. The molecule has 0 aromatic heterocycles. The normalized spacial score (nSPS) is 13.9. The van der Waals surface area contributed by atoms with Crippen molar-refractivity contribution in [3.8, 4) is 11.5 Å². The van der Waals surface area contributed by atoms with Gasteiger partial charge in [-0.3, -0.25) is 9.59 Å². The van der Waals surface area contributed by atoms with E-state index in [-0.39, 0.29) is 18.4 Å². The van der Waals surface area contributed by atoms with Crippen LogP contribution in [0.5, 0.6) is 11.5 Å². The summed E-state index contributed by atoms with van der Waals surface area (Å²) in [5.74, 6) is 0.236. The van der Waals surface area contributed by atoms with Crippen LogP contribution in [0.4, 0.5) is 5.69 Å². The SMILES string of the molecule is CCC(C)Oc1c2c(c(OC)c3ccccc13)CN(c1ccc(CC(=O)O)cc1)C2=O. The Kier molecular flexibility index (Phi) is 5.55. The molecule has 0 bridgehead atoms. The number of carbonyl (C=O) groups excluding carboxylic acids is 1. The summed E-state index contributed by atoms with van der Waals surface area (Å²) in [6.07, 6.45) is 0.719. The fourth-order valence-electron chi connectivity index (χ4n) is 3.99. The first-order chi connectivity index (χ1) is 14.9. The molecular weight excluding hydrogens is 394 g/mol. The van der Waals surface area contributed by atoms with Gasteiger partial charge in [0.1, 0.15) is 11.5 Å². The summed E-state index contributed by atoms with van der Waals surface area (Å²) in [6, 6.07) is 14.8. The summed E-state index contributed by atoms with van der Waals surface area (Å²) in [6.45, 7) is 4.39. The molecule has 0 aliphatic carbocycles. The van der Waals surface area contributed by atoms with Crippen LogP contribution >= 0.6 is 0 Å². The maximum atomic E-state index is 13.6. The molecule has 4 rings (SSSR count). The zero-order valence-electron chi connectivity index (χ0n) is 17.8. The second-order valence-corrected chi connectivity index (χ2v) is 7.73. The number of nitrogens with zero attached hydrogens (tertiary/aromatic N) is 1. The molecule has 1 N–H and O–H groups in total. The molecule has 160 valence electrons. The van der Waals surface area contributed by atoms with E-state index < -0.39 is 5.97 Å². The highest BCUT2D eigenvalue weighted by molar-refractivity contribution is 6.16. The van der Waals surface area contributed by atoms with Crippen LogP contribution < -0.4 is 14.4 Å². The third kappa shape index (κ3) is 3.69. The van der Waals surface area contributed by atoms with E-state index in [4.69, 9.17) is 14.6 Å². The molecule has 1 unspecified atom stereocenters. The standard InChI is InChI=1S/C25H25NO5/c1-4-15(2)31-24-19-8-6-5-7-18(19)23(30-3)20-14-26(25(29)22(20)24)17-11-9-16(10-12-17)13-21(27)28/h5-12,15H,4,13-14H2,1-3H3,(H,27,28). The Morgan fingerprint density at radius 3 is 2.32 bits per heavy atom. The molecule has 0 saturated carbocycles. The largest absolute Gasteiger partial charge is 0.496 e. The Morgan fingerprint density at radius 2 is 1.74 bits per heavy atom. The molecular formula is C25H25NO5. The Morgan fingerprint density at radius 1 is 1.10 bits per heavy atom. The molecule has 0 saturated heterocycles. The average Bonchev–Trinajstić information content (AvgIpc) is 3.10. The number of carboxylic acid groups (broad SMARTS) is 1. The average molecular weight is 419 g/mol. The highest BCUT2D eigenvalue weighted by atomic mass is 16.5. The number of methoxy groups -OCH3 is 1. The molecule has 1 aliphatic rings. The minimum absolute atomic E-state index is 0.0435. The van der Waals surface area contributed by atoms with Gasteiger partial charge in [-0.25, -0.2) is 0 Å². The number of amides is 1. The third-order valence-electron chi connectivity index (χ3n) is 5.70. The molecule has 0 spiro atoms. The number of hydrogen-bond donors (Lipinski definition) is 1. The number of aliphatic carboxylic acids is 1. The first-order valence-electron chi connectivity index (χ1n) is 10.3.